The summed E-state index contributed by atoms with van der Waals surface area (Å²) in [5, 5.41) is 19.3. The summed E-state index contributed by atoms with van der Waals surface area (Å²) in [4.78, 5) is 21.4. The van der Waals surface area contributed by atoms with Gasteiger partial charge in [0.2, 0.25) is 5.91 Å². The summed E-state index contributed by atoms with van der Waals surface area (Å²) in [5.74, 6) is -1.55. The van der Waals surface area contributed by atoms with Gasteiger partial charge in [-0.05, 0) is 0 Å². The average Bonchev–Trinajstić information content (AvgIpc) is 2.04. The Hall–Kier alpha value is -1.36. The molecule has 0 unspecified atom stereocenters. The van der Waals surface area contributed by atoms with Crippen LogP contribution in [0.4, 0.5) is 0 Å². The fraction of sp³-hybridized carbons (Fsp3) is 0.500. The molecule has 0 bridgehead atoms. The third-order valence-corrected chi connectivity index (χ3v) is 1.38. The minimum atomic E-state index is -1.15. The molecule has 3 N–H and O–H groups in total. The molecule has 0 aromatic carbocycles. The maximum Gasteiger partial charge on any atom is 0.326 e. The molecule has 0 aliphatic rings. The number of carboxylic acids is 1. The number of aliphatic carboxylic acids is 1. The van der Waals surface area contributed by atoms with Crippen molar-refractivity contribution >= 4 is 11.9 Å². The lowest BCUT2D eigenvalue weighted by Gasteiger charge is -2.11. The van der Waals surface area contributed by atoms with E-state index in [4.69, 9.17) is 10.2 Å². The van der Waals surface area contributed by atoms with E-state index in [2.05, 4.69) is 11.9 Å². The van der Waals surface area contributed by atoms with Gasteiger partial charge in [0, 0.05) is 19.4 Å². The maximum absolute atomic E-state index is 10.9. The maximum atomic E-state index is 10.9. The van der Waals surface area contributed by atoms with Crippen molar-refractivity contribution in [2.75, 3.05) is 6.61 Å². The summed E-state index contributed by atoms with van der Waals surface area (Å²) in [5.41, 5.74) is 0. The summed E-state index contributed by atoms with van der Waals surface area (Å²) in [6.45, 7) is 3.07. The smallest absolute Gasteiger partial charge is 0.326 e. The highest BCUT2D eigenvalue weighted by Crippen LogP contribution is 1.92. The minimum absolute atomic E-state index is 0.0121. The lowest BCUT2D eigenvalue weighted by atomic mass is 10.2. The zero-order valence-electron chi connectivity index (χ0n) is 7.19. The van der Waals surface area contributed by atoms with Crippen LogP contribution in [0.5, 0.6) is 0 Å². The van der Waals surface area contributed by atoms with Gasteiger partial charge >= 0.3 is 5.97 Å². The molecular weight excluding hydrogens is 174 g/mol. The number of carboxylic acid groups (broad SMARTS) is 1. The molecule has 0 aliphatic heterocycles. The van der Waals surface area contributed by atoms with Crippen LogP contribution in [0.15, 0.2) is 12.7 Å². The van der Waals surface area contributed by atoms with Gasteiger partial charge in [0.05, 0.1) is 0 Å². The zero-order valence-corrected chi connectivity index (χ0v) is 7.19. The van der Waals surface area contributed by atoms with Crippen molar-refractivity contribution in [1.29, 1.82) is 0 Å². The first-order chi connectivity index (χ1) is 6.11. The Balaban J connectivity index is 4.01. The SMILES string of the molecule is C=CCC(=O)N[C@H](CCO)C(=O)O. The zero-order chi connectivity index (χ0) is 10.3. The Morgan fingerprint density at radius 3 is 2.54 bits per heavy atom. The van der Waals surface area contributed by atoms with Crippen LogP contribution in [0, 0.1) is 0 Å². The van der Waals surface area contributed by atoms with Crippen LogP contribution in [0.2, 0.25) is 0 Å². The number of aliphatic hydroxyl groups excluding tert-OH is 1. The number of amides is 1. The Morgan fingerprint density at radius 2 is 2.15 bits per heavy atom. The van der Waals surface area contributed by atoms with Gasteiger partial charge in [0.15, 0.2) is 0 Å². The van der Waals surface area contributed by atoms with E-state index in [-0.39, 0.29) is 19.4 Å². The topological polar surface area (TPSA) is 86.6 Å². The normalized spacial score (nSPS) is 11.8. The highest BCUT2D eigenvalue weighted by molar-refractivity contribution is 5.84. The number of carbonyl (C=O) groups is 2. The van der Waals surface area contributed by atoms with Gasteiger partial charge in [0.25, 0.3) is 0 Å². The second-order valence-corrected chi connectivity index (χ2v) is 2.46. The molecule has 0 saturated carbocycles. The molecule has 0 saturated heterocycles. The molecule has 0 heterocycles. The largest absolute Gasteiger partial charge is 0.480 e. The Bertz CT molecular complexity index is 202. The summed E-state index contributed by atoms with van der Waals surface area (Å²) in [6, 6.07) is -1.02. The first-order valence-corrected chi connectivity index (χ1v) is 3.85. The number of hydrogen-bond acceptors (Lipinski definition) is 3. The van der Waals surface area contributed by atoms with Crippen molar-refractivity contribution in [3.05, 3.63) is 12.7 Å². The fourth-order valence-corrected chi connectivity index (χ4v) is 0.771. The van der Waals surface area contributed by atoms with Gasteiger partial charge in [-0.1, -0.05) is 6.08 Å². The molecule has 1 atom stereocenters. The fourth-order valence-electron chi connectivity index (χ4n) is 0.771. The van der Waals surface area contributed by atoms with Crippen molar-refractivity contribution in [3.8, 4) is 0 Å². The molecule has 0 spiro atoms. The van der Waals surface area contributed by atoms with E-state index in [1.54, 1.807) is 0 Å². The molecular formula is C8H13NO4. The van der Waals surface area contributed by atoms with E-state index in [9.17, 15) is 9.59 Å². The number of nitrogens with one attached hydrogen (secondary N) is 1. The number of carbonyl (C=O) groups excluding carboxylic acids is 1. The summed E-state index contributed by atoms with van der Waals surface area (Å²) in [7, 11) is 0. The van der Waals surface area contributed by atoms with E-state index >= 15 is 0 Å². The van der Waals surface area contributed by atoms with E-state index in [0.29, 0.717) is 0 Å². The van der Waals surface area contributed by atoms with Crippen molar-refractivity contribution in [2.24, 2.45) is 0 Å². The number of aliphatic hydroxyl groups is 1. The summed E-state index contributed by atoms with van der Waals surface area (Å²) >= 11 is 0. The highest BCUT2D eigenvalue weighted by atomic mass is 16.4. The minimum Gasteiger partial charge on any atom is -0.480 e. The van der Waals surface area contributed by atoms with Crippen LogP contribution in [0.1, 0.15) is 12.8 Å². The van der Waals surface area contributed by atoms with Gasteiger partial charge in [0.1, 0.15) is 6.04 Å². The van der Waals surface area contributed by atoms with Crippen LogP contribution in [0.3, 0.4) is 0 Å². The van der Waals surface area contributed by atoms with Gasteiger partial charge in [-0.15, -0.1) is 6.58 Å². The quantitative estimate of drug-likeness (QED) is 0.490. The van der Waals surface area contributed by atoms with E-state index in [0.717, 1.165) is 0 Å². The second-order valence-electron chi connectivity index (χ2n) is 2.46. The van der Waals surface area contributed by atoms with Gasteiger partial charge in [-0.25, -0.2) is 4.79 Å². The first kappa shape index (κ1) is 11.6. The Morgan fingerprint density at radius 1 is 1.54 bits per heavy atom. The van der Waals surface area contributed by atoms with Crippen molar-refractivity contribution in [1.82, 2.24) is 5.32 Å². The lowest BCUT2D eigenvalue weighted by molar-refractivity contribution is -0.142. The Labute approximate surface area is 76.1 Å². The highest BCUT2D eigenvalue weighted by Gasteiger charge is 2.17. The van der Waals surface area contributed by atoms with E-state index in [1.807, 2.05) is 0 Å². The summed E-state index contributed by atoms with van der Waals surface area (Å²) < 4.78 is 0. The molecule has 13 heavy (non-hydrogen) atoms. The van der Waals surface area contributed by atoms with Crippen LogP contribution < -0.4 is 5.32 Å². The monoisotopic (exact) mass is 187 g/mol. The van der Waals surface area contributed by atoms with Crippen LogP contribution >= 0.6 is 0 Å². The molecule has 0 fully saturated rings. The van der Waals surface area contributed by atoms with Gasteiger partial charge in [-0.2, -0.15) is 0 Å². The van der Waals surface area contributed by atoms with Gasteiger partial charge < -0.3 is 15.5 Å². The van der Waals surface area contributed by atoms with Crippen LogP contribution in [-0.2, 0) is 9.59 Å². The van der Waals surface area contributed by atoms with Crippen LogP contribution in [-0.4, -0.2) is 34.7 Å². The van der Waals surface area contributed by atoms with Crippen molar-refractivity contribution in [2.45, 2.75) is 18.9 Å². The third-order valence-electron chi connectivity index (χ3n) is 1.38. The van der Waals surface area contributed by atoms with Crippen molar-refractivity contribution in [3.63, 3.8) is 0 Å². The molecule has 5 heteroatoms. The average molecular weight is 187 g/mol. The predicted molar refractivity (Wildman–Crippen MR) is 46.1 cm³/mol. The van der Waals surface area contributed by atoms with Gasteiger partial charge in [-0.3, -0.25) is 4.79 Å². The molecule has 0 aliphatic carbocycles. The second kappa shape index (κ2) is 6.19. The number of rotatable bonds is 6. The molecule has 0 rings (SSSR count). The molecule has 0 aromatic rings. The molecule has 5 nitrogen and oxygen atoms in total. The van der Waals surface area contributed by atoms with Crippen LogP contribution in [0.25, 0.3) is 0 Å². The van der Waals surface area contributed by atoms with E-state index in [1.165, 1.54) is 6.08 Å². The summed E-state index contributed by atoms with van der Waals surface area (Å²) in [6.07, 6.45) is 1.47. The van der Waals surface area contributed by atoms with Crippen molar-refractivity contribution < 1.29 is 19.8 Å². The predicted octanol–water partition coefficient (Wildman–Crippen LogP) is -0.486. The van der Waals surface area contributed by atoms with E-state index < -0.39 is 17.9 Å². The first-order valence-electron chi connectivity index (χ1n) is 3.85. The molecule has 0 aromatic heterocycles. The Kier molecular flexibility index (Phi) is 5.54. The number of hydrogen-bond donors (Lipinski definition) is 3. The third kappa shape index (κ3) is 4.97. The molecule has 1 amide bonds. The standard InChI is InChI=1S/C8H13NO4/c1-2-3-7(11)9-6(4-5-10)8(12)13/h2,6,10H,1,3-5H2,(H,9,11)(H,12,13)/t6-/m1/s1. The molecule has 0 radical (unpaired) electrons. The molecule has 74 valence electrons. The lowest BCUT2D eigenvalue weighted by Crippen LogP contribution is -2.41.